The van der Waals surface area contributed by atoms with E-state index in [4.69, 9.17) is 5.11 Å². The average molecular weight is 234 g/mol. The summed E-state index contributed by atoms with van der Waals surface area (Å²) in [5.41, 5.74) is 0. The van der Waals surface area contributed by atoms with Crippen molar-refractivity contribution in [3.8, 4) is 0 Å². The number of aliphatic hydroxyl groups excluding tert-OH is 1. The molecule has 0 amide bonds. The van der Waals surface area contributed by atoms with Crippen molar-refractivity contribution in [3.05, 3.63) is 0 Å². The molecule has 0 aromatic rings. The number of hydrogen-bond acceptors (Lipinski definition) is 2. The molecule has 0 bridgehead atoms. The minimum absolute atomic E-state index is 0. The molecule has 1 N–H and O–H groups in total. The molecular formula is C8H19NOY. The van der Waals surface area contributed by atoms with Crippen LogP contribution in [0.3, 0.4) is 0 Å². The predicted molar refractivity (Wildman–Crippen MR) is 44.0 cm³/mol. The van der Waals surface area contributed by atoms with E-state index in [2.05, 4.69) is 18.7 Å². The van der Waals surface area contributed by atoms with E-state index < -0.39 is 0 Å². The molecule has 0 aliphatic rings. The van der Waals surface area contributed by atoms with Gasteiger partial charge < -0.3 is 10.0 Å². The first kappa shape index (κ1) is 14.5. The van der Waals surface area contributed by atoms with E-state index in [-0.39, 0.29) is 38.8 Å². The van der Waals surface area contributed by atoms with Gasteiger partial charge in [-0.1, -0.05) is 13.8 Å². The minimum Gasteiger partial charge on any atom is -0.392 e. The largest absolute Gasteiger partial charge is 0.392 e. The molecule has 0 saturated heterocycles. The van der Waals surface area contributed by atoms with Crippen LogP contribution in [0.25, 0.3) is 0 Å². The zero-order valence-corrected chi connectivity index (χ0v) is 10.9. The Kier molecular flexibility index (Phi) is 10.1. The van der Waals surface area contributed by atoms with Crippen molar-refractivity contribution in [2.24, 2.45) is 5.92 Å². The van der Waals surface area contributed by atoms with Crippen LogP contribution in [0.2, 0.25) is 0 Å². The first-order valence-electron chi connectivity index (χ1n) is 3.89. The molecule has 3 heteroatoms. The van der Waals surface area contributed by atoms with Crippen molar-refractivity contribution in [3.63, 3.8) is 0 Å². The van der Waals surface area contributed by atoms with Gasteiger partial charge in [-0.2, -0.15) is 0 Å². The van der Waals surface area contributed by atoms with E-state index in [1.54, 1.807) is 0 Å². The molecule has 1 unspecified atom stereocenters. The van der Waals surface area contributed by atoms with Gasteiger partial charge in [0.15, 0.2) is 0 Å². The molecule has 0 aliphatic heterocycles. The number of aliphatic hydroxyl groups is 1. The second-order valence-electron chi connectivity index (χ2n) is 3.46. The van der Waals surface area contributed by atoms with Gasteiger partial charge in [0, 0.05) is 45.8 Å². The summed E-state index contributed by atoms with van der Waals surface area (Å²) in [6.45, 7) is 8.01. The molecule has 11 heavy (non-hydrogen) atoms. The van der Waals surface area contributed by atoms with Gasteiger partial charge in [0.2, 0.25) is 0 Å². The Bertz CT molecular complexity index is 76.2. The summed E-state index contributed by atoms with van der Waals surface area (Å²) < 4.78 is 0. The molecule has 0 aromatic heterocycles. The van der Waals surface area contributed by atoms with Crippen molar-refractivity contribution in [1.82, 2.24) is 4.90 Å². The van der Waals surface area contributed by atoms with Gasteiger partial charge in [0.1, 0.15) is 0 Å². The standard InChI is InChI=1S/C8H19NO.Y/c1-7(2)5-9(4)6-8(3)10;/h7-8,10H,5-6H2,1-4H3;. The third kappa shape index (κ3) is 11.0. The maximum atomic E-state index is 8.99. The fraction of sp³-hybridized carbons (Fsp3) is 1.00. The zero-order valence-electron chi connectivity index (χ0n) is 8.04. The van der Waals surface area contributed by atoms with E-state index in [9.17, 15) is 0 Å². The molecule has 0 aliphatic carbocycles. The van der Waals surface area contributed by atoms with Crippen LogP contribution in [-0.2, 0) is 32.7 Å². The molecule has 0 rings (SSSR count). The molecule has 1 radical (unpaired) electrons. The van der Waals surface area contributed by atoms with Crippen LogP contribution in [0.1, 0.15) is 20.8 Å². The fourth-order valence-corrected chi connectivity index (χ4v) is 1.15. The van der Waals surface area contributed by atoms with Crippen molar-refractivity contribution in [1.29, 1.82) is 0 Å². The quantitative estimate of drug-likeness (QED) is 0.783. The maximum absolute atomic E-state index is 8.99. The molecule has 0 aromatic carbocycles. The van der Waals surface area contributed by atoms with Crippen LogP contribution in [0, 0.1) is 5.92 Å². The van der Waals surface area contributed by atoms with E-state index in [0.29, 0.717) is 5.92 Å². The molecule has 0 fully saturated rings. The van der Waals surface area contributed by atoms with Crippen LogP contribution in [0.5, 0.6) is 0 Å². The summed E-state index contributed by atoms with van der Waals surface area (Å²) in [4.78, 5) is 2.15. The summed E-state index contributed by atoms with van der Waals surface area (Å²) in [6, 6.07) is 0. The Balaban J connectivity index is 0. The van der Waals surface area contributed by atoms with Gasteiger partial charge in [0.25, 0.3) is 0 Å². The van der Waals surface area contributed by atoms with Gasteiger partial charge in [-0.3, -0.25) is 0 Å². The normalized spacial score (nSPS) is 13.4. The van der Waals surface area contributed by atoms with Crippen molar-refractivity contribution >= 4 is 0 Å². The Morgan fingerprint density at radius 3 is 1.91 bits per heavy atom. The topological polar surface area (TPSA) is 23.5 Å². The van der Waals surface area contributed by atoms with Gasteiger partial charge in [-0.05, 0) is 19.9 Å². The van der Waals surface area contributed by atoms with Crippen LogP contribution < -0.4 is 0 Å². The van der Waals surface area contributed by atoms with Crippen LogP contribution in [0.15, 0.2) is 0 Å². The minimum atomic E-state index is -0.205. The first-order chi connectivity index (χ1) is 4.52. The van der Waals surface area contributed by atoms with Gasteiger partial charge in [0.05, 0.1) is 6.10 Å². The van der Waals surface area contributed by atoms with Crippen LogP contribution in [-0.4, -0.2) is 36.2 Å². The third-order valence-electron chi connectivity index (χ3n) is 1.25. The predicted octanol–water partition coefficient (Wildman–Crippen LogP) is 0.953. The SMILES string of the molecule is CC(C)CN(C)CC(C)O.[Y]. The summed E-state index contributed by atoms with van der Waals surface area (Å²) in [5.74, 6) is 0.684. The Morgan fingerprint density at radius 1 is 1.18 bits per heavy atom. The van der Waals surface area contributed by atoms with Gasteiger partial charge >= 0.3 is 0 Å². The summed E-state index contributed by atoms with van der Waals surface area (Å²) in [6.07, 6.45) is -0.205. The number of nitrogens with zero attached hydrogens (tertiary/aromatic N) is 1. The van der Waals surface area contributed by atoms with Crippen molar-refractivity contribution in [2.45, 2.75) is 26.9 Å². The molecule has 1 atom stereocenters. The van der Waals surface area contributed by atoms with E-state index in [1.807, 2.05) is 14.0 Å². The molecule has 65 valence electrons. The summed E-state index contributed by atoms with van der Waals surface area (Å²) in [7, 11) is 2.03. The molecular weight excluding hydrogens is 215 g/mol. The van der Waals surface area contributed by atoms with Crippen LogP contribution in [0.4, 0.5) is 0 Å². The number of rotatable bonds is 4. The van der Waals surface area contributed by atoms with E-state index >= 15 is 0 Å². The van der Waals surface area contributed by atoms with Crippen molar-refractivity contribution < 1.29 is 37.8 Å². The average Bonchev–Trinajstić information content (AvgIpc) is 1.58. The summed E-state index contributed by atoms with van der Waals surface area (Å²) >= 11 is 0. The first-order valence-corrected chi connectivity index (χ1v) is 3.89. The monoisotopic (exact) mass is 234 g/mol. The zero-order chi connectivity index (χ0) is 8.15. The third-order valence-corrected chi connectivity index (χ3v) is 1.25. The number of likely N-dealkylation sites (N-methyl/N-ethyl adjacent to an activating group) is 1. The molecule has 0 spiro atoms. The summed E-state index contributed by atoms with van der Waals surface area (Å²) in [5, 5.41) is 8.99. The van der Waals surface area contributed by atoms with Crippen molar-refractivity contribution in [2.75, 3.05) is 20.1 Å². The Morgan fingerprint density at radius 2 is 1.64 bits per heavy atom. The maximum Gasteiger partial charge on any atom is 0.0638 e. The van der Waals surface area contributed by atoms with Gasteiger partial charge in [-0.25, -0.2) is 0 Å². The smallest absolute Gasteiger partial charge is 0.0638 e. The number of hydrogen-bond donors (Lipinski definition) is 1. The Hall–Kier alpha value is 1.02. The Labute approximate surface area is 95.2 Å². The second-order valence-corrected chi connectivity index (χ2v) is 3.46. The van der Waals surface area contributed by atoms with E-state index in [0.717, 1.165) is 13.1 Å². The molecule has 0 saturated carbocycles. The molecule has 2 nitrogen and oxygen atoms in total. The van der Waals surface area contributed by atoms with E-state index in [1.165, 1.54) is 0 Å². The second kappa shape index (κ2) is 7.66. The molecule has 0 heterocycles. The van der Waals surface area contributed by atoms with Crippen LogP contribution >= 0.6 is 0 Å². The fourth-order valence-electron chi connectivity index (χ4n) is 1.15. The van der Waals surface area contributed by atoms with Gasteiger partial charge in [-0.15, -0.1) is 0 Å².